The van der Waals surface area contributed by atoms with Gasteiger partial charge in [-0.15, -0.1) is 16.8 Å². The van der Waals surface area contributed by atoms with E-state index in [1.54, 1.807) is 23.9 Å². The Morgan fingerprint density at radius 3 is 2.67 bits per heavy atom. The molecule has 0 fully saturated rings. The Hall–Kier alpha value is -2.60. The summed E-state index contributed by atoms with van der Waals surface area (Å²) in [4.78, 5) is 0. The first-order valence-corrected chi connectivity index (χ1v) is 9.66. The van der Waals surface area contributed by atoms with E-state index in [4.69, 9.17) is 4.74 Å². The molecule has 1 aromatic heterocycles. The molecule has 0 unspecified atom stereocenters. The van der Waals surface area contributed by atoms with Crippen LogP contribution in [0.2, 0.25) is 0 Å². The van der Waals surface area contributed by atoms with Crippen LogP contribution in [0.1, 0.15) is 22.5 Å². The lowest BCUT2D eigenvalue weighted by molar-refractivity contribution is 0.287. The Balaban J connectivity index is 1.71. The van der Waals surface area contributed by atoms with Crippen molar-refractivity contribution in [2.75, 3.05) is 0 Å². The van der Waals surface area contributed by atoms with Crippen molar-refractivity contribution < 1.29 is 9.13 Å². The van der Waals surface area contributed by atoms with Crippen LogP contribution in [0.3, 0.4) is 0 Å². The maximum atomic E-state index is 13.0. The summed E-state index contributed by atoms with van der Waals surface area (Å²) in [7, 11) is 0. The van der Waals surface area contributed by atoms with E-state index < -0.39 is 0 Å². The highest BCUT2D eigenvalue weighted by Gasteiger charge is 2.13. The molecule has 1 heterocycles. The molecule has 27 heavy (non-hydrogen) atoms. The van der Waals surface area contributed by atoms with Gasteiger partial charge in [-0.25, -0.2) is 4.39 Å². The van der Waals surface area contributed by atoms with Gasteiger partial charge in [-0.1, -0.05) is 42.1 Å². The second-order valence-electron chi connectivity index (χ2n) is 6.20. The predicted octanol–water partition coefficient (Wildman–Crippen LogP) is 5.09. The Kier molecular flexibility index (Phi) is 6.29. The molecule has 140 valence electrons. The van der Waals surface area contributed by atoms with Gasteiger partial charge in [0.15, 0.2) is 11.0 Å². The monoisotopic (exact) mass is 383 g/mol. The number of benzene rings is 2. The largest absolute Gasteiger partial charge is 0.485 e. The first-order valence-electron chi connectivity index (χ1n) is 8.67. The SMILES string of the molecule is C=CCn1c(COc2cccc(C)c2C)nnc1SCc1ccc(F)cc1. The van der Waals surface area contributed by atoms with E-state index in [1.165, 1.54) is 17.7 Å². The van der Waals surface area contributed by atoms with E-state index in [9.17, 15) is 4.39 Å². The van der Waals surface area contributed by atoms with Gasteiger partial charge < -0.3 is 4.74 Å². The van der Waals surface area contributed by atoms with Crippen molar-refractivity contribution >= 4 is 11.8 Å². The fourth-order valence-electron chi connectivity index (χ4n) is 2.60. The van der Waals surface area contributed by atoms with Crippen LogP contribution >= 0.6 is 11.8 Å². The van der Waals surface area contributed by atoms with Crippen LogP contribution in [0.25, 0.3) is 0 Å². The summed E-state index contributed by atoms with van der Waals surface area (Å²) in [5.41, 5.74) is 3.34. The highest BCUT2D eigenvalue weighted by atomic mass is 32.2. The molecule has 0 aliphatic heterocycles. The van der Waals surface area contributed by atoms with Gasteiger partial charge >= 0.3 is 0 Å². The van der Waals surface area contributed by atoms with Gasteiger partial charge in [0, 0.05) is 12.3 Å². The molecule has 0 amide bonds. The Morgan fingerprint density at radius 2 is 1.93 bits per heavy atom. The van der Waals surface area contributed by atoms with Crippen LogP contribution in [0.4, 0.5) is 4.39 Å². The number of hydrogen-bond acceptors (Lipinski definition) is 4. The van der Waals surface area contributed by atoms with Crippen LogP contribution in [-0.2, 0) is 18.9 Å². The van der Waals surface area contributed by atoms with Crippen molar-refractivity contribution in [3.63, 3.8) is 0 Å². The van der Waals surface area contributed by atoms with Crippen LogP contribution in [-0.4, -0.2) is 14.8 Å². The average molecular weight is 383 g/mol. The third kappa shape index (κ3) is 4.77. The van der Waals surface area contributed by atoms with Gasteiger partial charge in [0.1, 0.15) is 18.2 Å². The molecular weight excluding hydrogens is 361 g/mol. The minimum Gasteiger partial charge on any atom is -0.485 e. The summed E-state index contributed by atoms with van der Waals surface area (Å²) >= 11 is 1.56. The van der Waals surface area contributed by atoms with E-state index in [1.807, 2.05) is 29.7 Å². The van der Waals surface area contributed by atoms with E-state index in [0.717, 1.165) is 27.9 Å². The molecular formula is C21H22FN3OS. The summed E-state index contributed by atoms with van der Waals surface area (Å²) in [5, 5.41) is 9.37. The van der Waals surface area contributed by atoms with Crippen molar-refractivity contribution in [1.82, 2.24) is 14.8 Å². The molecule has 0 aliphatic carbocycles. The van der Waals surface area contributed by atoms with Crippen LogP contribution in [0.15, 0.2) is 60.3 Å². The maximum Gasteiger partial charge on any atom is 0.191 e. The summed E-state index contributed by atoms with van der Waals surface area (Å²) in [6.07, 6.45) is 1.81. The summed E-state index contributed by atoms with van der Waals surface area (Å²) in [6, 6.07) is 12.5. The molecule has 0 saturated heterocycles. The second kappa shape index (κ2) is 8.86. The molecule has 0 saturated carbocycles. The number of halogens is 1. The number of aromatic nitrogens is 3. The number of thioether (sulfide) groups is 1. The molecule has 3 rings (SSSR count). The lowest BCUT2D eigenvalue weighted by Gasteiger charge is -2.12. The second-order valence-corrected chi connectivity index (χ2v) is 7.14. The zero-order chi connectivity index (χ0) is 19.2. The van der Waals surface area contributed by atoms with Gasteiger partial charge in [0.2, 0.25) is 0 Å². The number of aryl methyl sites for hydroxylation is 1. The lowest BCUT2D eigenvalue weighted by atomic mass is 10.1. The molecule has 0 spiro atoms. The Bertz CT molecular complexity index is 922. The van der Waals surface area contributed by atoms with E-state index in [2.05, 4.69) is 29.8 Å². The van der Waals surface area contributed by atoms with Gasteiger partial charge in [0.25, 0.3) is 0 Å². The number of hydrogen-bond donors (Lipinski definition) is 0. The fourth-order valence-corrected chi connectivity index (χ4v) is 3.52. The first kappa shape index (κ1) is 19.2. The van der Waals surface area contributed by atoms with Crippen molar-refractivity contribution in [3.8, 4) is 5.75 Å². The van der Waals surface area contributed by atoms with Gasteiger partial charge in [-0.05, 0) is 48.7 Å². The normalized spacial score (nSPS) is 10.8. The highest BCUT2D eigenvalue weighted by Crippen LogP contribution is 2.24. The fraction of sp³-hybridized carbons (Fsp3) is 0.238. The summed E-state index contributed by atoms with van der Waals surface area (Å²) in [5.74, 6) is 2.05. The van der Waals surface area contributed by atoms with Gasteiger partial charge in [-0.2, -0.15) is 0 Å². The molecule has 3 aromatic rings. The van der Waals surface area contributed by atoms with Crippen molar-refractivity contribution in [2.45, 2.75) is 37.9 Å². The smallest absolute Gasteiger partial charge is 0.191 e. The highest BCUT2D eigenvalue weighted by molar-refractivity contribution is 7.98. The predicted molar refractivity (Wildman–Crippen MR) is 106 cm³/mol. The molecule has 4 nitrogen and oxygen atoms in total. The number of nitrogens with zero attached hydrogens (tertiary/aromatic N) is 3. The summed E-state index contributed by atoms with van der Waals surface area (Å²) in [6.45, 7) is 8.87. The first-order chi connectivity index (χ1) is 13.1. The molecule has 0 bridgehead atoms. The third-order valence-electron chi connectivity index (χ3n) is 4.30. The number of ether oxygens (including phenoxy) is 1. The Labute approximate surface area is 163 Å². The lowest BCUT2D eigenvalue weighted by Crippen LogP contribution is -2.08. The molecule has 0 radical (unpaired) electrons. The molecule has 6 heteroatoms. The van der Waals surface area contributed by atoms with Gasteiger partial charge in [-0.3, -0.25) is 4.57 Å². The standard InChI is InChI=1S/C21H22FN3OS/c1-4-12-25-20(13-26-19-7-5-6-15(2)16(19)3)23-24-21(25)27-14-17-8-10-18(22)11-9-17/h4-11H,1,12-14H2,2-3H3. The molecule has 2 aromatic carbocycles. The van der Waals surface area contributed by atoms with E-state index >= 15 is 0 Å². The van der Waals surface area contributed by atoms with Gasteiger partial charge in [0.05, 0.1) is 0 Å². The maximum absolute atomic E-state index is 13.0. The molecule has 0 N–H and O–H groups in total. The zero-order valence-electron chi connectivity index (χ0n) is 15.5. The number of allylic oxidation sites excluding steroid dienone is 1. The quantitative estimate of drug-likeness (QED) is 0.401. The van der Waals surface area contributed by atoms with Crippen molar-refractivity contribution in [1.29, 1.82) is 0 Å². The van der Waals surface area contributed by atoms with E-state index in [0.29, 0.717) is 18.9 Å². The molecule has 0 aliphatic rings. The molecule has 0 atom stereocenters. The summed E-state index contributed by atoms with van der Waals surface area (Å²) < 4.78 is 21.0. The minimum absolute atomic E-state index is 0.232. The van der Waals surface area contributed by atoms with E-state index in [-0.39, 0.29) is 5.82 Å². The third-order valence-corrected chi connectivity index (χ3v) is 5.34. The van der Waals surface area contributed by atoms with Crippen LogP contribution in [0, 0.1) is 19.7 Å². The van der Waals surface area contributed by atoms with Crippen LogP contribution < -0.4 is 4.74 Å². The van der Waals surface area contributed by atoms with Crippen LogP contribution in [0.5, 0.6) is 5.75 Å². The van der Waals surface area contributed by atoms with Crippen molar-refractivity contribution in [2.24, 2.45) is 0 Å². The van der Waals surface area contributed by atoms with Crippen molar-refractivity contribution in [3.05, 3.63) is 83.5 Å². The Morgan fingerprint density at radius 1 is 1.15 bits per heavy atom. The average Bonchev–Trinajstić information content (AvgIpc) is 3.05. The topological polar surface area (TPSA) is 39.9 Å². The zero-order valence-corrected chi connectivity index (χ0v) is 16.3. The minimum atomic E-state index is -0.232. The number of rotatable bonds is 8.